The van der Waals surface area contributed by atoms with Gasteiger partial charge in [-0.2, -0.15) is 8.61 Å². The lowest BCUT2D eigenvalue weighted by atomic mass is 10.1. The van der Waals surface area contributed by atoms with E-state index in [4.69, 9.17) is 4.74 Å². The molecule has 0 aliphatic carbocycles. The van der Waals surface area contributed by atoms with Gasteiger partial charge in [0.15, 0.2) is 0 Å². The van der Waals surface area contributed by atoms with Crippen LogP contribution in [0, 0.1) is 0 Å². The zero-order valence-electron chi connectivity index (χ0n) is 18.9. The van der Waals surface area contributed by atoms with E-state index in [1.54, 1.807) is 30.3 Å². The first-order valence-electron chi connectivity index (χ1n) is 10.5. The smallest absolute Gasteiger partial charge is 0.247 e. The summed E-state index contributed by atoms with van der Waals surface area (Å²) in [5, 5.41) is 2.68. The number of nitrogens with zero attached hydrogens (tertiary/aromatic N) is 2. The molecule has 0 unspecified atom stereocenters. The summed E-state index contributed by atoms with van der Waals surface area (Å²) in [5.74, 6) is -0.380. The van der Waals surface area contributed by atoms with Crippen LogP contribution >= 0.6 is 0 Å². The Balaban J connectivity index is 1.97. The second-order valence-electron chi connectivity index (χ2n) is 7.91. The first-order chi connectivity index (χ1) is 15.6. The van der Waals surface area contributed by atoms with E-state index in [0.717, 1.165) is 29.8 Å². The molecule has 9 nitrogen and oxygen atoms in total. The first kappa shape index (κ1) is 25.2. The van der Waals surface area contributed by atoms with Crippen LogP contribution in [0.4, 0.5) is 5.69 Å². The highest BCUT2D eigenvalue weighted by Crippen LogP contribution is 2.32. The number of likely N-dealkylation sites (N-methyl/N-ethyl adjacent to an activating group) is 1. The summed E-state index contributed by atoms with van der Waals surface area (Å²) < 4.78 is 58.4. The fourth-order valence-corrected chi connectivity index (χ4v) is 5.90. The third-order valence-electron chi connectivity index (χ3n) is 5.63. The van der Waals surface area contributed by atoms with Crippen LogP contribution in [0.3, 0.4) is 0 Å². The van der Waals surface area contributed by atoms with E-state index in [0.29, 0.717) is 18.7 Å². The van der Waals surface area contributed by atoms with Crippen LogP contribution in [0.5, 0.6) is 5.75 Å². The van der Waals surface area contributed by atoms with Crippen molar-refractivity contribution < 1.29 is 26.4 Å². The second-order valence-corrected chi connectivity index (χ2v) is 11.9. The quantitative estimate of drug-likeness (QED) is 0.602. The van der Waals surface area contributed by atoms with E-state index >= 15 is 0 Å². The van der Waals surface area contributed by atoms with Crippen LogP contribution in [0.15, 0.2) is 53.4 Å². The number of rotatable bonds is 8. The summed E-state index contributed by atoms with van der Waals surface area (Å²) in [4.78, 5) is 13.3. The minimum atomic E-state index is -3.74. The Morgan fingerprint density at radius 3 is 2.24 bits per heavy atom. The molecule has 0 radical (unpaired) electrons. The standard InChI is InChI=1S/C22H29N3O6S2/c1-24(32(3,27)28)21(17-10-6-4-7-11-17)22(26)23-19-16-18(12-13-20(19)31-2)33(29,30)25-14-8-5-9-15-25/h4,6-7,10-13,16,21H,5,8-9,14-15H2,1-3H3,(H,23,26)/t21-/m0/s1. The Kier molecular flexibility index (Phi) is 7.78. The topological polar surface area (TPSA) is 113 Å². The van der Waals surface area contributed by atoms with Crippen LogP contribution in [0.1, 0.15) is 30.9 Å². The SMILES string of the molecule is COc1ccc(S(=O)(=O)N2CCCCC2)cc1NC(=O)[C@H](c1ccccc1)N(C)S(C)(=O)=O. The number of hydrogen-bond donors (Lipinski definition) is 1. The number of hydrogen-bond acceptors (Lipinski definition) is 6. The normalized spacial score (nSPS) is 16.4. The Bertz CT molecular complexity index is 1190. The van der Waals surface area contributed by atoms with E-state index in [2.05, 4.69) is 5.32 Å². The molecule has 0 bridgehead atoms. The van der Waals surface area contributed by atoms with Crippen molar-refractivity contribution in [3.8, 4) is 5.75 Å². The highest BCUT2D eigenvalue weighted by Gasteiger charge is 2.32. The van der Waals surface area contributed by atoms with Crippen molar-refractivity contribution in [2.24, 2.45) is 0 Å². The van der Waals surface area contributed by atoms with Gasteiger partial charge in [0.05, 0.1) is 23.9 Å². The van der Waals surface area contributed by atoms with Gasteiger partial charge in [0.25, 0.3) is 0 Å². The molecule has 0 aromatic heterocycles. The van der Waals surface area contributed by atoms with Crippen LogP contribution in [0.25, 0.3) is 0 Å². The highest BCUT2D eigenvalue weighted by molar-refractivity contribution is 7.89. The van der Waals surface area contributed by atoms with E-state index in [9.17, 15) is 21.6 Å². The molecule has 2 aromatic carbocycles. The molecule has 33 heavy (non-hydrogen) atoms. The van der Waals surface area contributed by atoms with Crippen molar-refractivity contribution in [2.75, 3.05) is 38.8 Å². The maximum absolute atomic E-state index is 13.3. The van der Waals surface area contributed by atoms with Crippen molar-refractivity contribution in [1.82, 2.24) is 8.61 Å². The van der Waals surface area contributed by atoms with Crippen LogP contribution in [0.2, 0.25) is 0 Å². The number of methoxy groups -OCH3 is 1. The third kappa shape index (κ3) is 5.72. The molecule has 1 amide bonds. The predicted octanol–water partition coefficient (Wildman–Crippen LogP) is 2.44. The molecule has 0 saturated carbocycles. The van der Waals surface area contributed by atoms with Crippen molar-refractivity contribution in [3.05, 3.63) is 54.1 Å². The fourth-order valence-electron chi connectivity index (χ4n) is 3.75. The zero-order valence-corrected chi connectivity index (χ0v) is 20.5. The molecule has 1 saturated heterocycles. The number of anilines is 1. The molecule has 180 valence electrons. The number of ether oxygens (including phenoxy) is 1. The van der Waals surface area contributed by atoms with Crippen molar-refractivity contribution in [1.29, 1.82) is 0 Å². The summed E-state index contributed by atoms with van der Waals surface area (Å²) >= 11 is 0. The minimum Gasteiger partial charge on any atom is -0.495 e. The molecular formula is C22H29N3O6S2. The van der Waals surface area contributed by atoms with Gasteiger partial charge >= 0.3 is 0 Å². The number of piperidine rings is 1. The molecule has 11 heteroatoms. The van der Waals surface area contributed by atoms with E-state index in [-0.39, 0.29) is 16.3 Å². The van der Waals surface area contributed by atoms with Gasteiger partial charge in [0, 0.05) is 20.1 Å². The lowest BCUT2D eigenvalue weighted by molar-refractivity contribution is -0.119. The summed E-state index contributed by atoms with van der Waals surface area (Å²) in [6.07, 6.45) is 3.61. The van der Waals surface area contributed by atoms with Crippen molar-refractivity contribution in [3.63, 3.8) is 0 Å². The van der Waals surface area contributed by atoms with Crippen molar-refractivity contribution >= 4 is 31.6 Å². The lowest BCUT2D eigenvalue weighted by Crippen LogP contribution is -2.38. The number of sulfonamides is 2. The van der Waals surface area contributed by atoms with Gasteiger partial charge in [-0.3, -0.25) is 4.79 Å². The summed E-state index contributed by atoms with van der Waals surface area (Å²) in [7, 11) is -4.72. The summed E-state index contributed by atoms with van der Waals surface area (Å²) in [6, 6.07) is 11.6. The summed E-state index contributed by atoms with van der Waals surface area (Å²) in [6.45, 7) is 0.899. The third-order valence-corrected chi connectivity index (χ3v) is 8.78. The fraction of sp³-hybridized carbons (Fsp3) is 0.409. The van der Waals surface area contributed by atoms with E-state index < -0.39 is 32.0 Å². The molecule has 1 aliphatic heterocycles. The molecule has 1 fully saturated rings. The first-order valence-corrected chi connectivity index (χ1v) is 13.8. The molecule has 2 aromatic rings. The van der Waals surface area contributed by atoms with E-state index in [1.165, 1.54) is 36.7 Å². The number of carbonyl (C=O) groups is 1. The van der Waals surface area contributed by atoms with Gasteiger partial charge in [-0.05, 0) is 36.6 Å². The molecule has 3 rings (SSSR count). The number of nitrogens with one attached hydrogen (secondary N) is 1. The predicted molar refractivity (Wildman–Crippen MR) is 126 cm³/mol. The summed E-state index contributed by atoms with van der Waals surface area (Å²) in [5.41, 5.74) is 0.613. The van der Waals surface area contributed by atoms with Gasteiger partial charge in [-0.25, -0.2) is 16.8 Å². The van der Waals surface area contributed by atoms with Gasteiger partial charge in [0.1, 0.15) is 11.8 Å². The average molecular weight is 496 g/mol. The maximum atomic E-state index is 13.3. The van der Waals surface area contributed by atoms with Gasteiger partial charge in [0.2, 0.25) is 26.0 Å². The van der Waals surface area contributed by atoms with Crippen LogP contribution in [-0.4, -0.2) is 64.9 Å². The molecule has 1 atom stereocenters. The monoisotopic (exact) mass is 495 g/mol. The minimum absolute atomic E-state index is 0.0354. The Labute approximate surface area is 195 Å². The second kappa shape index (κ2) is 10.2. The molecular weight excluding hydrogens is 466 g/mol. The van der Waals surface area contributed by atoms with Gasteiger partial charge < -0.3 is 10.1 Å². The van der Waals surface area contributed by atoms with Gasteiger partial charge in [-0.15, -0.1) is 0 Å². The average Bonchev–Trinajstić information content (AvgIpc) is 2.79. The Morgan fingerprint density at radius 1 is 1.03 bits per heavy atom. The van der Waals surface area contributed by atoms with E-state index in [1.807, 2.05) is 0 Å². The van der Waals surface area contributed by atoms with Crippen molar-refractivity contribution in [2.45, 2.75) is 30.2 Å². The maximum Gasteiger partial charge on any atom is 0.247 e. The lowest BCUT2D eigenvalue weighted by Gasteiger charge is -2.27. The number of benzene rings is 2. The molecule has 1 N–H and O–H groups in total. The highest BCUT2D eigenvalue weighted by atomic mass is 32.2. The number of amides is 1. The van der Waals surface area contributed by atoms with Crippen LogP contribution in [-0.2, 0) is 24.8 Å². The molecule has 1 heterocycles. The zero-order chi connectivity index (χ0) is 24.2. The number of carbonyl (C=O) groups excluding carboxylic acids is 1. The molecule has 0 spiro atoms. The largest absolute Gasteiger partial charge is 0.495 e. The Morgan fingerprint density at radius 2 is 1.67 bits per heavy atom. The van der Waals surface area contributed by atoms with Crippen LogP contribution < -0.4 is 10.1 Å². The Hall–Kier alpha value is -2.47. The molecule has 1 aliphatic rings. The van der Waals surface area contributed by atoms with Gasteiger partial charge in [-0.1, -0.05) is 36.8 Å².